The van der Waals surface area contributed by atoms with E-state index in [1.807, 2.05) is 6.92 Å². The number of nitrogens with zero attached hydrogens (tertiary/aromatic N) is 1. The first-order chi connectivity index (χ1) is 10.4. The number of nitrogens with one attached hydrogen (secondary N) is 1. The van der Waals surface area contributed by atoms with E-state index in [4.69, 9.17) is 0 Å². The van der Waals surface area contributed by atoms with Crippen LogP contribution in [0.1, 0.15) is 37.0 Å². The molecule has 0 radical (unpaired) electrons. The fraction of sp³-hybridized carbons (Fsp3) is 0.438. The quantitative estimate of drug-likeness (QED) is 0.868. The number of thioether (sulfide) groups is 1. The van der Waals surface area contributed by atoms with Crippen molar-refractivity contribution in [2.45, 2.75) is 37.6 Å². The lowest BCUT2D eigenvalue weighted by Gasteiger charge is -2.29. The largest absolute Gasteiger partial charge is 0.324 e. The second-order valence-corrected chi connectivity index (χ2v) is 7.39. The highest BCUT2D eigenvalue weighted by atomic mass is 32.2. The van der Waals surface area contributed by atoms with Gasteiger partial charge in [-0.1, -0.05) is 12.1 Å². The zero-order valence-electron chi connectivity index (χ0n) is 12.6. The minimum Gasteiger partial charge on any atom is -0.324 e. The average Bonchev–Trinajstić information content (AvgIpc) is 2.96. The van der Waals surface area contributed by atoms with Gasteiger partial charge in [-0.2, -0.15) is 0 Å². The van der Waals surface area contributed by atoms with Crippen LogP contribution in [0.4, 0.5) is 5.69 Å². The Morgan fingerprint density at radius 3 is 2.91 bits per heavy atom. The summed E-state index contributed by atoms with van der Waals surface area (Å²) in [6, 6.07) is 6.42. The molecule has 0 spiro atoms. The van der Waals surface area contributed by atoms with Crippen LogP contribution < -0.4 is 5.32 Å². The topological polar surface area (TPSA) is 66.5 Å². The van der Waals surface area contributed by atoms with Crippen LogP contribution >= 0.6 is 11.8 Å². The van der Waals surface area contributed by atoms with Gasteiger partial charge in [-0.25, -0.2) is 0 Å². The molecule has 2 atom stereocenters. The molecular formula is C16H18N2O3S. The number of hydrogen-bond donors (Lipinski definition) is 1. The molecule has 2 aliphatic rings. The molecule has 1 N–H and O–H groups in total. The number of amides is 2. The monoisotopic (exact) mass is 318 g/mol. The third-order valence-electron chi connectivity index (χ3n) is 4.28. The van der Waals surface area contributed by atoms with E-state index in [9.17, 15) is 14.4 Å². The lowest BCUT2D eigenvalue weighted by Crippen LogP contribution is -2.48. The van der Waals surface area contributed by atoms with Crippen molar-refractivity contribution in [1.29, 1.82) is 0 Å². The summed E-state index contributed by atoms with van der Waals surface area (Å²) in [5.74, 6) is 0.424. The van der Waals surface area contributed by atoms with E-state index in [1.54, 1.807) is 40.9 Å². The van der Waals surface area contributed by atoms with E-state index in [0.29, 0.717) is 23.4 Å². The number of Topliss-reactive ketones (excluding diaryl/α,β-unsaturated/α-hetero) is 1. The molecule has 2 unspecified atom stereocenters. The van der Waals surface area contributed by atoms with Crippen LogP contribution in [0, 0.1) is 0 Å². The maximum atomic E-state index is 12.5. The van der Waals surface area contributed by atoms with Crippen molar-refractivity contribution in [3.8, 4) is 0 Å². The van der Waals surface area contributed by atoms with Crippen LogP contribution in [0.25, 0.3) is 0 Å². The normalized spacial score (nSPS) is 26.9. The molecule has 2 heterocycles. The molecule has 0 aromatic heterocycles. The highest BCUT2D eigenvalue weighted by molar-refractivity contribution is 8.01. The third kappa shape index (κ3) is 2.52. The first kappa shape index (κ1) is 15.1. The minimum absolute atomic E-state index is 0.0464. The second kappa shape index (κ2) is 5.43. The summed E-state index contributed by atoms with van der Waals surface area (Å²) < 4.78 is 0. The van der Waals surface area contributed by atoms with Crippen molar-refractivity contribution in [2.75, 3.05) is 11.1 Å². The number of fused-ring (bicyclic) bond motifs is 1. The molecule has 2 amide bonds. The van der Waals surface area contributed by atoms with Gasteiger partial charge in [0.1, 0.15) is 6.04 Å². The summed E-state index contributed by atoms with van der Waals surface area (Å²) in [6.45, 7) is 3.51. The van der Waals surface area contributed by atoms with Crippen molar-refractivity contribution in [3.05, 3.63) is 29.8 Å². The predicted octanol–water partition coefficient (Wildman–Crippen LogP) is 2.28. The maximum absolute atomic E-state index is 12.5. The number of anilines is 1. The smallest absolute Gasteiger partial charge is 0.248 e. The Labute approximate surface area is 133 Å². The molecule has 2 fully saturated rings. The molecule has 0 aliphatic carbocycles. The van der Waals surface area contributed by atoms with Crippen molar-refractivity contribution < 1.29 is 14.4 Å². The third-order valence-corrected chi connectivity index (χ3v) is 5.79. The minimum atomic E-state index is -0.439. The van der Waals surface area contributed by atoms with Crippen LogP contribution in [0.15, 0.2) is 24.3 Å². The molecule has 2 saturated heterocycles. The van der Waals surface area contributed by atoms with Crippen molar-refractivity contribution >= 4 is 35.0 Å². The molecule has 0 saturated carbocycles. The summed E-state index contributed by atoms with van der Waals surface area (Å²) >= 11 is 1.66. The Morgan fingerprint density at radius 1 is 1.41 bits per heavy atom. The predicted molar refractivity (Wildman–Crippen MR) is 85.8 cm³/mol. The fourth-order valence-corrected chi connectivity index (χ4v) is 4.49. The SMILES string of the molecule is CC(=O)c1cccc(NC(=O)C2CSC3(C)CCC(=O)N23)c1. The van der Waals surface area contributed by atoms with Crippen LogP contribution in [-0.2, 0) is 9.59 Å². The van der Waals surface area contributed by atoms with E-state index in [2.05, 4.69) is 5.32 Å². The molecule has 116 valence electrons. The van der Waals surface area contributed by atoms with Gasteiger partial charge in [-0.3, -0.25) is 14.4 Å². The van der Waals surface area contributed by atoms with Gasteiger partial charge in [-0.15, -0.1) is 11.8 Å². The Morgan fingerprint density at radius 2 is 2.18 bits per heavy atom. The Hall–Kier alpha value is -1.82. The van der Waals surface area contributed by atoms with Crippen molar-refractivity contribution in [1.82, 2.24) is 4.90 Å². The summed E-state index contributed by atoms with van der Waals surface area (Å²) in [5.41, 5.74) is 1.14. The fourth-order valence-electron chi connectivity index (χ4n) is 3.06. The van der Waals surface area contributed by atoms with E-state index in [-0.39, 0.29) is 22.5 Å². The van der Waals surface area contributed by atoms with E-state index in [0.717, 1.165) is 6.42 Å². The van der Waals surface area contributed by atoms with Gasteiger partial charge in [0.25, 0.3) is 0 Å². The van der Waals surface area contributed by atoms with Gasteiger partial charge in [-0.05, 0) is 32.4 Å². The van der Waals surface area contributed by atoms with E-state index in [1.165, 1.54) is 6.92 Å². The molecule has 1 aromatic carbocycles. The lowest BCUT2D eigenvalue weighted by atomic mass is 10.1. The average molecular weight is 318 g/mol. The number of rotatable bonds is 3. The summed E-state index contributed by atoms with van der Waals surface area (Å²) in [4.78, 5) is 37.5. The highest BCUT2D eigenvalue weighted by Gasteiger charge is 2.52. The van der Waals surface area contributed by atoms with E-state index >= 15 is 0 Å². The lowest BCUT2D eigenvalue weighted by molar-refractivity contribution is -0.135. The first-order valence-corrected chi connectivity index (χ1v) is 8.27. The first-order valence-electron chi connectivity index (χ1n) is 7.29. The van der Waals surface area contributed by atoms with Gasteiger partial charge in [0.05, 0.1) is 4.87 Å². The molecule has 6 heteroatoms. The maximum Gasteiger partial charge on any atom is 0.248 e. The number of carbonyl (C=O) groups excluding carboxylic acids is 3. The number of benzene rings is 1. The zero-order chi connectivity index (χ0) is 15.9. The highest BCUT2D eigenvalue weighted by Crippen LogP contribution is 2.47. The molecular weight excluding hydrogens is 300 g/mol. The van der Waals surface area contributed by atoms with Crippen LogP contribution in [0.2, 0.25) is 0 Å². The van der Waals surface area contributed by atoms with Gasteiger partial charge >= 0.3 is 0 Å². The summed E-state index contributed by atoms with van der Waals surface area (Å²) in [5, 5.41) is 2.83. The zero-order valence-corrected chi connectivity index (χ0v) is 13.4. The van der Waals surface area contributed by atoms with Crippen LogP contribution in [0.5, 0.6) is 0 Å². The Kier molecular flexibility index (Phi) is 3.72. The van der Waals surface area contributed by atoms with Crippen LogP contribution in [0.3, 0.4) is 0 Å². The molecule has 3 rings (SSSR count). The Bertz CT molecular complexity index is 661. The number of hydrogen-bond acceptors (Lipinski definition) is 4. The number of carbonyl (C=O) groups is 3. The second-order valence-electron chi connectivity index (χ2n) is 5.89. The molecule has 2 aliphatic heterocycles. The summed E-state index contributed by atoms with van der Waals surface area (Å²) in [7, 11) is 0. The van der Waals surface area contributed by atoms with Crippen molar-refractivity contribution in [2.24, 2.45) is 0 Å². The van der Waals surface area contributed by atoms with Gasteiger partial charge in [0.15, 0.2) is 5.78 Å². The van der Waals surface area contributed by atoms with Crippen molar-refractivity contribution in [3.63, 3.8) is 0 Å². The molecule has 0 bridgehead atoms. The molecule has 22 heavy (non-hydrogen) atoms. The number of ketones is 1. The summed E-state index contributed by atoms with van der Waals surface area (Å²) in [6.07, 6.45) is 1.30. The van der Waals surface area contributed by atoms with E-state index < -0.39 is 6.04 Å². The Balaban J connectivity index is 1.77. The van der Waals surface area contributed by atoms with Crippen LogP contribution in [-0.4, -0.2) is 39.2 Å². The standard InChI is InChI=1S/C16H18N2O3S/c1-10(19)11-4-3-5-12(8-11)17-15(21)13-9-22-16(2)7-6-14(20)18(13)16/h3-5,8,13H,6-7,9H2,1-2H3,(H,17,21). The molecule has 5 nitrogen and oxygen atoms in total. The molecule has 1 aromatic rings. The van der Waals surface area contributed by atoms with Gasteiger partial charge < -0.3 is 10.2 Å². The van der Waals surface area contributed by atoms with Gasteiger partial charge in [0.2, 0.25) is 11.8 Å². The van der Waals surface area contributed by atoms with Gasteiger partial charge in [0, 0.05) is 23.4 Å².